The highest BCUT2D eigenvalue weighted by atomic mass is 16.6. The van der Waals surface area contributed by atoms with Crippen LogP contribution in [0.25, 0.3) is 0 Å². The van der Waals surface area contributed by atoms with Crippen LogP contribution in [0.1, 0.15) is 11.8 Å². The van der Waals surface area contributed by atoms with Crippen LogP contribution in [0.2, 0.25) is 0 Å². The maximum atomic E-state index is 11.9. The van der Waals surface area contributed by atoms with Crippen LogP contribution >= 0.6 is 0 Å². The van der Waals surface area contributed by atoms with Gasteiger partial charge in [-0.1, -0.05) is 35.5 Å². The van der Waals surface area contributed by atoms with E-state index in [1.807, 2.05) is 30.3 Å². The number of rotatable bonds is 5. The number of ether oxygens (including phenoxy) is 1. The molecule has 2 heterocycles. The topological polar surface area (TPSA) is 126 Å². The summed E-state index contributed by atoms with van der Waals surface area (Å²) < 4.78 is 6.50. The smallest absolute Gasteiger partial charge is 0.330 e. The Balaban J connectivity index is 1.78. The lowest BCUT2D eigenvalue weighted by molar-refractivity contribution is -0.0526. The molecular formula is C16H17N3O6. The van der Waals surface area contributed by atoms with E-state index in [1.54, 1.807) is 0 Å². The molecule has 1 aromatic carbocycles. The highest BCUT2D eigenvalue weighted by Crippen LogP contribution is 2.26. The Labute approximate surface area is 141 Å². The van der Waals surface area contributed by atoms with Crippen LogP contribution in [-0.2, 0) is 16.2 Å². The minimum absolute atomic E-state index is 0.0709. The SMILES string of the molecule is O=c1ccn([C@@H]2O[C@H](CO)/C(=N/OCc3ccccc3)[C@H]2O)c(=O)[nH]1. The molecule has 1 fully saturated rings. The van der Waals surface area contributed by atoms with E-state index in [-0.39, 0.29) is 12.3 Å². The third-order valence-corrected chi connectivity index (χ3v) is 3.74. The number of aromatic nitrogens is 2. The molecule has 1 aromatic heterocycles. The number of benzene rings is 1. The Morgan fingerprint density at radius 3 is 2.68 bits per heavy atom. The van der Waals surface area contributed by atoms with E-state index in [4.69, 9.17) is 9.57 Å². The normalized spacial score (nSPS) is 24.6. The maximum absolute atomic E-state index is 11.9. The van der Waals surface area contributed by atoms with E-state index in [2.05, 4.69) is 10.1 Å². The van der Waals surface area contributed by atoms with Crippen molar-refractivity contribution in [2.75, 3.05) is 6.61 Å². The third-order valence-electron chi connectivity index (χ3n) is 3.74. The lowest BCUT2D eigenvalue weighted by Crippen LogP contribution is -2.36. The van der Waals surface area contributed by atoms with Gasteiger partial charge < -0.3 is 19.8 Å². The summed E-state index contributed by atoms with van der Waals surface area (Å²) in [5.41, 5.74) is -0.344. The Hall–Kier alpha value is -2.75. The standard InChI is InChI=1S/C16H17N3O6/c20-8-11-13(18-24-9-10-4-2-1-3-5-10)14(22)15(25-11)19-7-6-12(21)17-16(19)23/h1-7,11,14-15,20,22H,8-9H2,(H,17,21,23)/b18-13-/t11-,14-,15-/m1/s1. The van der Waals surface area contributed by atoms with E-state index in [0.29, 0.717) is 0 Å². The van der Waals surface area contributed by atoms with E-state index in [1.165, 1.54) is 6.20 Å². The van der Waals surface area contributed by atoms with Crippen LogP contribution in [0.15, 0.2) is 57.3 Å². The third kappa shape index (κ3) is 3.68. The highest BCUT2D eigenvalue weighted by Gasteiger charge is 2.42. The molecule has 0 radical (unpaired) electrons. The number of hydrogen-bond acceptors (Lipinski definition) is 7. The number of nitrogens with one attached hydrogen (secondary N) is 1. The molecule has 1 aliphatic heterocycles. The molecule has 25 heavy (non-hydrogen) atoms. The van der Waals surface area contributed by atoms with Crippen LogP contribution in [-0.4, -0.2) is 44.3 Å². The monoisotopic (exact) mass is 347 g/mol. The summed E-state index contributed by atoms with van der Waals surface area (Å²) >= 11 is 0. The van der Waals surface area contributed by atoms with Gasteiger partial charge >= 0.3 is 5.69 Å². The summed E-state index contributed by atoms with van der Waals surface area (Å²) in [6.07, 6.45) is -2.15. The van der Waals surface area contributed by atoms with Crippen molar-refractivity contribution in [2.24, 2.45) is 5.16 Å². The van der Waals surface area contributed by atoms with Crippen molar-refractivity contribution >= 4 is 5.71 Å². The van der Waals surface area contributed by atoms with E-state index < -0.39 is 36.3 Å². The van der Waals surface area contributed by atoms with Gasteiger partial charge in [-0.3, -0.25) is 14.3 Å². The van der Waals surface area contributed by atoms with Crippen molar-refractivity contribution in [1.29, 1.82) is 0 Å². The number of hydrogen-bond donors (Lipinski definition) is 3. The van der Waals surface area contributed by atoms with Crippen LogP contribution in [0.4, 0.5) is 0 Å². The van der Waals surface area contributed by atoms with Crippen LogP contribution in [0, 0.1) is 0 Å². The van der Waals surface area contributed by atoms with Crippen molar-refractivity contribution in [3.63, 3.8) is 0 Å². The molecular weight excluding hydrogens is 330 g/mol. The molecule has 2 aromatic rings. The number of oxime groups is 1. The second-order valence-corrected chi connectivity index (χ2v) is 5.44. The molecule has 0 aliphatic carbocycles. The molecule has 9 nitrogen and oxygen atoms in total. The zero-order chi connectivity index (χ0) is 17.8. The van der Waals surface area contributed by atoms with Gasteiger partial charge in [0, 0.05) is 12.3 Å². The van der Waals surface area contributed by atoms with Crippen molar-refractivity contribution in [2.45, 2.75) is 25.0 Å². The molecule has 1 saturated heterocycles. The van der Waals surface area contributed by atoms with Gasteiger partial charge in [0.2, 0.25) is 0 Å². The summed E-state index contributed by atoms with van der Waals surface area (Å²) in [7, 11) is 0. The maximum Gasteiger partial charge on any atom is 0.330 e. The first-order valence-electron chi connectivity index (χ1n) is 7.59. The fourth-order valence-electron chi connectivity index (χ4n) is 2.50. The number of aliphatic hydroxyl groups is 2. The van der Waals surface area contributed by atoms with E-state index in [9.17, 15) is 19.8 Å². The number of aromatic amines is 1. The average Bonchev–Trinajstić information content (AvgIpc) is 2.92. The van der Waals surface area contributed by atoms with E-state index >= 15 is 0 Å². The van der Waals surface area contributed by atoms with Gasteiger partial charge in [0.25, 0.3) is 5.56 Å². The van der Waals surface area contributed by atoms with Gasteiger partial charge in [0.1, 0.15) is 24.5 Å². The van der Waals surface area contributed by atoms with Gasteiger partial charge in [0.05, 0.1) is 6.61 Å². The molecule has 3 N–H and O–H groups in total. The van der Waals surface area contributed by atoms with Crippen LogP contribution in [0.5, 0.6) is 0 Å². The molecule has 3 rings (SSSR count). The quantitative estimate of drug-likeness (QED) is 0.618. The number of H-pyrrole nitrogens is 1. The Morgan fingerprint density at radius 1 is 1.24 bits per heavy atom. The molecule has 0 bridgehead atoms. The summed E-state index contributed by atoms with van der Waals surface area (Å²) in [5, 5.41) is 23.7. The Kier molecular flexibility index (Phi) is 5.08. The lowest BCUT2D eigenvalue weighted by Gasteiger charge is -2.15. The summed E-state index contributed by atoms with van der Waals surface area (Å²) in [6.45, 7) is -0.266. The second kappa shape index (κ2) is 7.43. The molecule has 132 valence electrons. The van der Waals surface area contributed by atoms with Gasteiger partial charge in [0.15, 0.2) is 6.23 Å². The minimum Gasteiger partial charge on any atom is -0.393 e. The lowest BCUT2D eigenvalue weighted by atomic mass is 10.1. The average molecular weight is 347 g/mol. The van der Waals surface area contributed by atoms with Crippen LogP contribution in [0.3, 0.4) is 0 Å². The summed E-state index contributed by atoms with van der Waals surface area (Å²) in [4.78, 5) is 30.3. The highest BCUT2D eigenvalue weighted by molar-refractivity contribution is 5.94. The first kappa shape index (κ1) is 17.1. The van der Waals surface area contributed by atoms with Gasteiger partial charge in [-0.05, 0) is 5.56 Å². The molecule has 0 saturated carbocycles. The Bertz CT molecular complexity index is 860. The van der Waals surface area contributed by atoms with Gasteiger partial charge in [-0.2, -0.15) is 0 Å². The van der Waals surface area contributed by atoms with Gasteiger partial charge in [-0.25, -0.2) is 4.79 Å². The number of aliphatic hydroxyl groups excluding tert-OH is 2. The molecule has 3 atom stereocenters. The molecule has 0 amide bonds. The summed E-state index contributed by atoms with van der Waals surface area (Å²) in [6, 6.07) is 10.4. The first-order valence-corrected chi connectivity index (χ1v) is 7.59. The molecule has 0 spiro atoms. The van der Waals surface area contributed by atoms with Crippen molar-refractivity contribution in [3.8, 4) is 0 Å². The van der Waals surface area contributed by atoms with Crippen molar-refractivity contribution in [1.82, 2.24) is 9.55 Å². The zero-order valence-corrected chi connectivity index (χ0v) is 13.1. The van der Waals surface area contributed by atoms with E-state index in [0.717, 1.165) is 16.2 Å². The second-order valence-electron chi connectivity index (χ2n) is 5.44. The van der Waals surface area contributed by atoms with Crippen LogP contribution < -0.4 is 11.2 Å². The fraction of sp³-hybridized carbons (Fsp3) is 0.312. The Morgan fingerprint density at radius 2 is 2.00 bits per heavy atom. The first-order chi connectivity index (χ1) is 12.1. The fourth-order valence-corrected chi connectivity index (χ4v) is 2.50. The van der Waals surface area contributed by atoms with Crippen molar-refractivity contribution in [3.05, 3.63) is 69.0 Å². The van der Waals surface area contributed by atoms with Crippen molar-refractivity contribution < 1.29 is 19.8 Å². The predicted molar refractivity (Wildman–Crippen MR) is 87.0 cm³/mol. The zero-order valence-electron chi connectivity index (χ0n) is 13.1. The molecule has 0 unspecified atom stereocenters. The largest absolute Gasteiger partial charge is 0.393 e. The van der Waals surface area contributed by atoms with Gasteiger partial charge in [-0.15, -0.1) is 0 Å². The minimum atomic E-state index is -1.31. The predicted octanol–water partition coefficient (Wildman–Crippen LogP) is -0.640. The molecule has 1 aliphatic rings. The summed E-state index contributed by atoms with van der Waals surface area (Å²) in [5.74, 6) is 0. The molecule has 9 heteroatoms. The number of nitrogens with zero attached hydrogens (tertiary/aromatic N) is 2.